The second-order valence-corrected chi connectivity index (χ2v) is 7.52. The van der Waals surface area contributed by atoms with Crippen molar-refractivity contribution in [2.45, 2.75) is 38.8 Å². The molecule has 2 aromatic rings. The summed E-state index contributed by atoms with van der Waals surface area (Å²) in [7, 11) is 5.59. The highest BCUT2D eigenvalue weighted by molar-refractivity contribution is 5.95. The molecule has 0 bridgehead atoms. The van der Waals surface area contributed by atoms with Gasteiger partial charge in [-0.3, -0.25) is 9.48 Å². The fraction of sp³-hybridized carbons (Fsp3) is 0.524. The molecule has 1 N–H and O–H groups in total. The molecule has 1 aliphatic heterocycles. The fourth-order valence-electron chi connectivity index (χ4n) is 3.59. The van der Waals surface area contributed by atoms with Crippen LogP contribution in [-0.4, -0.2) is 53.9 Å². The first-order chi connectivity index (χ1) is 13.4. The molecule has 1 aromatic heterocycles. The second kappa shape index (κ2) is 8.65. The third-order valence-corrected chi connectivity index (χ3v) is 5.25. The van der Waals surface area contributed by atoms with E-state index in [0.717, 1.165) is 37.2 Å². The Kier molecular flexibility index (Phi) is 6.24. The molecule has 152 valence electrons. The summed E-state index contributed by atoms with van der Waals surface area (Å²) in [6.07, 6.45) is 4.09. The first-order valence-electron chi connectivity index (χ1n) is 9.71. The Morgan fingerprint density at radius 3 is 2.57 bits per heavy atom. The molecule has 2 heterocycles. The van der Waals surface area contributed by atoms with Crippen molar-refractivity contribution in [3.8, 4) is 11.5 Å². The predicted molar refractivity (Wildman–Crippen MR) is 108 cm³/mol. The van der Waals surface area contributed by atoms with Gasteiger partial charge >= 0.3 is 0 Å². The van der Waals surface area contributed by atoms with Gasteiger partial charge in [0.1, 0.15) is 6.10 Å². The molecule has 0 aliphatic carbocycles. The molecule has 0 radical (unpaired) electrons. The summed E-state index contributed by atoms with van der Waals surface area (Å²) >= 11 is 0. The van der Waals surface area contributed by atoms with Crippen LogP contribution in [0.5, 0.6) is 11.5 Å². The van der Waals surface area contributed by atoms with Gasteiger partial charge in [0.25, 0.3) is 5.91 Å². The number of nitrogens with one attached hydrogen (secondary N) is 1. The first-order valence-corrected chi connectivity index (χ1v) is 9.71. The van der Waals surface area contributed by atoms with Crippen molar-refractivity contribution in [1.82, 2.24) is 20.0 Å². The number of amides is 1. The Bertz CT molecular complexity index is 825. The molecular formula is C21H30N4O3. The van der Waals surface area contributed by atoms with Gasteiger partial charge in [-0.1, -0.05) is 0 Å². The highest BCUT2D eigenvalue weighted by Crippen LogP contribution is 2.31. The standard InChI is InChI=1S/C21H30N4O3/c1-14(18-13-25(4)23-15(18)2)22-21(26)16-6-7-19(20(12-16)27-5)28-17-8-10-24(3)11-9-17/h6-7,12-14,17H,8-11H2,1-5H3,(H,22,26). The van der Waals surface area contributed by atoms with Crippen LogP contribution >= 0.6 is 0 Å². The first kappa shape index (κ1) is 20.2. The number of nitrogens with zero attached hydrogens (tertiary/aromatic N) is 3. The fourth-order valence-corrected chi connectivity index (χ4v) is 3.59. The molecule has 1 atom stereocenters. The Labute approximate surface area is 166 Å². The van der Waals surface area contributed by atoms with Crippen LogP contribution in [0.1, 0.15) is 47.4 Å². The second-order valence-electron chi connectivity index (χ2n) is 7.52. The van der Waals surface area contributed by atoms with Gasteiger partial charge in [-0.15, -0.1) is 0 Å². The summed E-state index contributed by atoms with van der Waals surface area (Å²) in [6.45, 7) is 5.95. The summed E-state index contributed by atoms with van der Waals surface area (Å²) < 4.78 is 13.4. The molecule has 7 heteroatoms. The van der Waals surface area contributed by atoms with Crippen LogP contribution in [0.25, 0.3) is 0 Å². The zero-order valence-corrected chi connectivity index (χ0v) is 17.4. The lowest BCUT2D eigenvalue weighted by Gasteiger charge is -2.29. The molecule has 3 rings (SSSR count). The maximum Gasteiger partial charge on any atom is 0.251 e. The van der Waals surface area contributed by atoms with Gasteiger partial charge in [0, 0.05) is 37.5 Å². The van der Waals surface area contributed by atoms with Crippen molar-refractivity contribution in [3.05, 3.63) is 41.2 Å². The number of benzene rings is 1. The van der Waals surface area contributed by atoms with Crippen LogP contribution in [0.3, 0.4) is 0 Å². The minimum atomic E-state index is -0.153. The molecule has 0 spiro atoms. The lowest BCUT2D eigenvalue weighted by atomic mass is 10.1. The van der Waals surface area contributed by atoms with E-state index in [4.69, 9.17) is 9.47 Å². The molecule has 7 nitrogen and oxygen atoms in total. The minimum Gasteiger partial charge on any atom is -0.493 e. The van der Waals surface area contributed by atoms with Crippen molar-refractivity contribution in [1.29, 1.82) is 0 Å². The number of carbonyl (C=O) groups is 1. The SMILES string of the molecule is COc1cc(C(=O)NC(C)c2cn(C)nc2C)ccc1OC1CCN(C)CC1. The normalized spacial score (nSPS) is 16.6. The molecule has 1 aliphatic rings. The summed E-state index contributed by atoms with van der Waals surface area (Å²) in [4.78, 5) is 15.0. The van der Waals surface area contributed by atoms with Gasteiger partial charge in [0.15, 0.2) is 11.5 Å². The highest BCUT2D eigenvalue weighted by Gasteiger charge is 2.21. The van der Waals surface area contributed by atoms with Gasteiger partial charge in [0.2, 0.25) is 0 Å². The van der Waals surface area contributed by atoms with E-state index in [2.05, 4.69) is 22.4 Å². The van der Waals surface area contributed by atoms with Crippen LogP contribution in [0.2, 0.25) is 0 Å². The van der Waals surface area contributed by atoms with Crippen LogP contribution < -0.4 is 14.8 Å². The maximum absolute atomic E-state index is 12.7. The van der Waals surface area contributed by atoms with Gasteiger partial charge in [-0.05, 0) is 51.9 Å². The summed E-state index contributed by atoms with van der Waals surface area (Å²) in [6, 6.07) is 5.21. The molecule has 0 saturated carbocycles. The molecule has 1 amide bonds. The maximum atomic E-state index is 12.7. The van der Waals surface area contributed by atoms with Crippen molar-refractivity contribution in [3.63, 3.8) is 0 Å². The zero-order chi connectivity index (χ0) is 20.3. The summed E-state index contributed by atoms with van der Waals surface area (Å²) in [5.41, 5.74) is 2.46. The number of likely N-dealkylation sites (tertiary alicyclic amines) is 1. The number of hydrogen-bond acceptors (Lipinski definition) is 5. The van der Waals surface area contributed by atoms with E-state index in [1.54, 1.807) is 23.9 Å². The van der Waals surface area contributed by atoms with E-state index in [1.165, 1.54) is 0 Å². The van der Waals surface area contributed by atoms with E-state index in [9.17, 15) is 4.79 Å². The van der Waals surface area contributed by atoms with Crippen molar-refractivity contribution >= 4 is 5.91 Å². The van der Waals surface area contributed by atoms with Gasteiger partial charge in [0.05, 0.1) is 18.8 Å². The zero-order valence-electron chi connectivity index (χ0n) is 17.4. The Morgan fingerprint density at radius 1 is 1.25 bits per heavy atom. The van der Waals surface area contributed by atoms with Crippen LogP contribution in [0.4, 0.5) is 0 Å². The van der Waals surface area contributed by atoms with E-state index < -0.39 is 0 Å². The number of methoxy groups -OCH3 is 1. The monoisotopic (exact) mass is 386 g/mol. The highest BCUT2D eigenvalue weighted by atomic mass is 16.5. The van der Waals surface area contributed by atoms with E-state index in [-0.39, 0.29) is 18.1 Å². The number of aryl methyl sites for hydroxylation is 2. The van der Waals surface area contributed by atoms with Crippen LogP contribution in [0, 0.1) is 6.92 Å². The molecular weight excluding hydrogens is 356 g/mol. The van der Waals surface area contributed by atoms with Crippen molar-refractivity contribution in [2.24, 2.45) is 7.05 Å². The van der Waals surface area contributed by atoms with E-state index in [0.29, 0.717) is 17.1 Å². The number of aromatic nitrogens is 2. The number of carbonyl (C=O) groups excluding carboxylic acids is 1. The number of ether oxygens (including phenoxy) is 2. The largest absolute Gasteiger partial charge is 0.493 e. The third kappa shape index (κ3) is 4.65. The molecule has 1 aromatic carbocycles. The number of piperidine rings is 1. The average Bonchev–Trinajstić information content (AvgIpc) is 3.02. The van der Waals surface area contributed by atoms with Gasteiger partial charge in [-0.25, -0.2) is 0 Å². The molecule has 1 fully saturated rings. The summed E-state index contributed by atoms with van der Waals surface area (Å²) in [5.74, 6) is 1.11. The molecule has 28 heavy (non-hydrogen) atoms. The van der Waals surface area contributed by atoms with Gasteiger partial charge in [-0.2, -0.15) is 5.10 Å². The quantitative estimate of drug-likeness (QED) is 0.827. The topological polar surface area (TPSA) is 68.6 Å². The molecule has 1 saturated heterocycles. The lowest BCUT2D eigenvalue weighted by molar-refractivity contribution is 0.0938. The lowest BCUT2D eigenvalue weighted by Crippen LogP contribution is -2.35. The van der Waals surface area contributed by atoms with Crippen molar-refractivity contribution in [2.75, 3.05) is 27.2 Å². The smallest absolute Gasteiger partial charge is 0.251 e. The van der Waals surface area contributed by atoms with Crippen molar-refractivity contribution < 1.29 is 14.3 Å². The Hall–Kier alpha value is -2.54. The predicted octanol–water partition coefficient (Wildman–Crippen LogP) is 2.70. The average molecular weight is 386 g/mol. The van der Waals surface area contributed by atoms with E-state index >= 15 is 0 Å². The Morgan fingerprint density at radius 2 is 1.96 bits per heavy atom. The number of rotatable bonds is 6. The Balaban J connectivity index is 1.68. The van der Waals surface area contributed by atoms with Crippen LogP contribution in [-0.2, 0) is 7.05 Å². The summed E-state index contributed by atoms with van der Waals surface area (Å²) in [5, 5.41) is 7.37. The van der Waals surface area contributed by atoms with Crippen LogP contribution in [0.15, 0.2) is 24.4 Å². The third-order valence-electron chi connectivity index (χ3n) is 5.25. The van der Waals surface area contributed by atoms with E-state index in [1.807, 2.05) is 33.2 Å². The minimum absolute atomic E-state index is 0.137. The number of hydrogen-bond donors (Lipinski definition) is 1. The van der Waals surface area contributed by atoms with Gasteiger partial charge < -0.3 is 19.7 Å². The molecule has 1 unspecified atom stereocenters.